The molecule has 0 aromatic rings. The number of carbonyl (C=O) groups is 1. The van der Waals surface area contributed by atoms with Gasteiger partial charge in [-0.2, -0.15) is 0 Å². The fourth-order valence-corrected chi connectivity index (χ4v) is 1.68. The third kappa shape index (κ3) is 3.47. The summed E-state index contributed by atoms with van der Waals surface area (Å²) in [6.45, 7) is 8.24. The SMILES string of the molecule is CC(=O)CCC[C@@H]1O[C@@H]1C(C)(C)C. The van der Waals surface area contributed by atoms with E-state index in [0.717, 1.165) is 12.8 Å². The minimum absolute atomic E-state index is 0.265. The summed E-state index contributed by atoms with van der Waals surface area (Å²) in [5.41, 5.74) is 0.265. The van der Waals surface area contributed by atoms with E-state index in [1.807, 2.05) is 0 Å². The quantitative estimate of drug-likeness (QED) is 0.628. The highest BCUT2D eigenvalue weighted by Crippen LogP contribution is 2.40. The van der Waals surface area contributed by atoms with Crippen LogP contribution in [0.5, 0.6) is 0 Å². The van der Waals surface area contributed by atoms with Crippen molar-refractivity contribution in [3.05, 3.63) is 0 Å². The second-order valence-corrected chi connectivity index (χ2v) is 5.06. The molecule has 0 aromatic heterocycles. The zero-order valence-electron chi connectivity index (χ0n) is 9.09. The Labute approximate surface area is 80.7 Å². The van der Waals surface area contributed by atoms with Crippen molar-refractivity contribution in [2.45, 2.75) is 59.2 Å². The average Bonchev–Trinajstić information content (AvgIpc) is 2.64. The molecule has 1 rings (SSSR count). The first-order valence-corrected chi connectivity index (χ1v) is 5.06. The average molecular weight is 184 g/mol. The maximum Gasteiger partial charge on any atom is 0.129 e. The lowest BCUT2D eigenvalue weighted by molar-refractivity contribution is -0.117. The van der Waals surface area contributed by atoms with Crippen molar-refractivity contribution in [3.8, 4) is 0 Å². The zero-order valence-corrected chi connectivity index (χ0v) is 9.09. The largest absolute Gasteiger partial charge is 0.369 e. The Morgan fingerprint density at radius 3 is 2.38 bits per heavy atom. The molecule has 2 nitrogen and oxygen atoms in total. The number of epoxide rings is 1. The van der Waals surface area contributed by atoms with Crippen LogP contribution in [0.2, 0.25) is 0 Å². The lowest BCUT2D eigenvalue weighted by Gasteiger charge is -2.14. The van der Waals surface area contributed by atoms with E-state index in [2.05, 4.69) is 20.8 Å². The van der Waals surface area contributed by atoms with Gasteiger partial charge >= 0.3 is 0 Å². The fraction of sp³-hybridized carbons (Fsp3) is 0.909. The summed E-state index contributed by atoms with van der Waals surface area (Å²) in [6.07, 6.45) is 3.56. The molecule has 0 spiro atoms. The maximum atomic E-state index is 10.7. The molecule has 0 N–H and O–H groups in total. The number of carbonyl (C=O) groups excluding carboxylic acids is 1. The summed E-state index contributed by atoms with van der Waals surface area (Å²) < 4.78 is 5.55. The first-order chi connectivity index (χ1) is 5.91. The smallest absolute Gasteiger partial charge is 0.129 e. The van der Waals surface area contributed by atoms with Crippen LogP contribution in [0, 0.1) is 5.41 Å². The molecule has 0 unspecified atom stereocenters. The molecule has 0 aromatic carbocycles. The van der Waals surface area contributed by atoms with Crippen LogP contribution in [-0.4, -0.2) is 18.0 Å². The van der Waals surface area contributed by atoms with Gasteiger partial charge in [0.2, 0.25) is 0 Å². The zero-order chi connectivity index (χ0) is 10.1. The van der Waals surface area contributed by atoms with Crippen LogP contribution >= 0.6 is 0 Å². The Kier molecular flexibility index (Phi) is 3.12. The first kappa shape index (κ1) is 10.7. The van der Waals surface area contributed by atoms with Crippen LogP contribution in [0.4, 0.5) is 0 Å². The standard InChI is InChI=1S/C11H20O2/c1-8(12)6-5-7-9-10(13-9)11(2,3)4/h9-10H,5-7H2,1-4H3/t9-,10-/m0/s1. The molecule has 1 saturated heterocycles. The minimum atomic E-state index is 0.265. The van der Waals surface area contributed by atoms with Crippen molar-refractivity contribution in [2.24, 2.45) is 5.41 Å². The van der Waals surface area contributed by atoms with Gasteiger partial charge in [-0.1, -0.05) is 20.8 Å². The number of ether oxygens (including phenoxy) is 1. The molecule has 2 heteroatoms. The van der Waals surface area contributed by atoms with Gasteiger partial charge in [0.05, 0.1) is 12.2 Å². The molecule has 13 heavy (non-hydrogen) atoms. The number of Topliss-reactive ketones (excluding diaryl/α,β-unsaturated/α-hetero) is 1. The van der Waals surface area contributed by atoms with E-state index in [4.69, 9.17) is 4.74 Å². The van der Waals surface area contributed by atoms with E-state index in [9.17, 15) is 4.79 Å². The molecule has 76 valence electrons. The van der Waals surface area contributed by atoms with Crippen LogP contribution in [-0.2, 0) is 9.53 Å². The second kappa shape index (κ2) is 3.79. The molecule has 1 aliphatic heterocycles. The maximum absolute atomic E-state index is 10.7. The van der Waals surface area contributed by atoms with Gasteiger partial charge in [0, 0.05) is 6.42 Å². The predicted octanol–water partition coefficient (Wildman–Crippen LogP) is 2.56. The molecule has 0 aliphatic carbocycles. The van der Waals surface area contributed by atoms with Gasteiger partial charge in [-0.25, -0.2) is 0 Å². The fourth-order valence-electron chi connectivity index (χ4n) is 1.68. The summed E-state index contributed by atoms with van der Waals surface area (Å²) in [4.78, 5) is 10.7. The molecule has 2 atom stereocenters. The van der Waals surface area contributed by atoms with Crippen molar-refractivity contribution in [1.82, 2.24) is 0 Å². The summed E-state index contributed by atoms with van der Waals surface area (Å²) >= 11 is 0. The van der Waals surface area contributed by atoms with Crippen LogP contribution in [0.1, 0.15) is 47.0 Å². The Morgan fingerprint density at radius 2 is 2.00 bits per heavy atom. The monoisotopic (exact) mass is 184 g/mol. The lowest BCUT2D eigenvalue weighted by Crippen LogP contribution is -2.16. The molecule has 1 fully saturated rings. The van der Waals surface area contributed by atoms with Crippen molar-refractivity contribution >= 4 is 5.78 Å². The van der Waals surface area contributed by atoms with Gasteiger partial charge in [-0.05, 0) is 25.2 Å². The minimum Gasteiger partial charge on any atom is -0.369 e. The Bertz CT molecular complexity index is 191. The molecule has 0 radical (unpaired) electrons. The topological polar surface area (TPSA) is 29.6 Å². The number of rotatable bonds is 4. The van der Waals surface area contributed by atoms with Crippen molar-refractivity contribution < 1.29 is 9.53 Å². The number of hydrogen-bond acceptors (Lipinski definition) is 2. The lowest BCUT2D eigenvalue weighted by atomic mass is 9.89. The molecule has 0 amide bonds. The van der Waals surface area contributed by atoms with Gasteiger partial charge in [0.25, 0.3) is 0 Å². The molecule has 0 saturated carbocycles. The summed E-state index contributed by atoms with van der Waals surface area (Å²) in [5.74, 6) is 0.285. The van der Waals surface area contributed by atoms with Crippen LogP contribution in [0.25, 0.3) is 0 Å². The second-order valence-electron chi connectivity index (χ2n) is 5.06. The highest BCUT2D eigenvalue weighted by atomic mass is 16.6. The van der Waals surface area contributed by atoms with Gasteiger partial charge < -0.3 is 9.53 Å². The molecular weight excluding hydrogens is 164 g/mol. The highest BCUT2D eigenvalue weighted by molar-refractivity contribution is 5.75. The molecule has 1 aliphatic rings. The van der Waals surface area contributed by atoms with Gasteiger partial charge in [0.1, 0.15) is 5.78 Å². The number of ketones is 1. The van der Waals surface area contributed by atoms with Gasteiger partial charge in [0.15, 0.2) is 0 Å². The predicted molar refractivity (Wildman–Crippen MR) is 52.6 cm³/mol. The van der Waals surface area contributed by atoms with E-state index >= 15 is 0 Å². The molecular formula is C11H20O2. The Balaban J connectivity index is 2.11. The van der Waals surface area contributed by atoms with Gasteiger partial charge in [-0.3, -0.25) is 0 Å². The summed E-state index contributed by atoms with van der Waals surface area (Å²) in [6, 6.07) is 0. The first-order valence-electron chi connectivity index (χ1n) is 5.06. The van der Waals surface area contributed by atoms with Crippen LogP contribution < -0.4 is 0 Å². The third-order valence-corrected chi connectivity index (χ3v) is 2.45. The molecule has 0 bridgehead atoms. The van der Waals surface area contributed by atoms with E-state index < -0.39 is 0 Å². The van der Waals surface area contributed by atoms with Crippen LogP contribution in [0.15, 0.2) is 0 Å². The Hall–Kier alpha value is -0.370. The van der Waals surface area contributed by atoms with E-state index in [1.54, 1.807) is 6.92 Å². The normalized spacial score (nSPS) is 27.4. The number of hydrogen-bond donors (Lipinski definition) is 0. The van der Waals surface area contributed by atoms with E-state index in [1.165, 1.54) is 0 Å². The molecule has 1 heterocycles. The third-order valence-electron chi connectivity index (χ3n) is 2.45. The van der Waals surface area contributed by atoms with Crippen LogP contribution in [0.3, 0.4) is 0 Å². The summed E-state index contributed by atoms with van der Waals surface area (Å²) in [7, 11) is 0. The van der Waals surface area contributed by atoms with E-state index in [0.29, 0.717) is 18.6 Å². The van der Waals surface area contributed by atoms with Crippen molar-refractivity contribution in [1.29, 1.82) is 0 Å². The van der Waals surface area contributed by atoms with E-state index in [-0.39, 0.29) is 11.2 Å². The van der Waals surface area contributed by atoms with Crippen molar-refractivity contribution in [2.75, 3.05) is 0 Å². The summed E-state index contributed by atoms with van der Waals surface area (Å²) in [5, 5.41) is 0. The van der Waals surface area contributed by atoms with Gasteiger partial charge in [-0.15, -0.1) is 0 Å². The van der Waals surface area contributed by atoms with Crippen molar-refractivity contribution in [3.63, 3.8) is 0 Å². The Morgan fingerprint density at radius 1 is 1.38 bits per heavy atom. The highest BCUT2D eigenvalue weighted by Gasteiger charge is 2.46.